The van der Waals surface area contributed by atoms with Crippen LogP contribution in [0.4, 0.5) is 5.69 Å². The molecule has 0 bridgehead atoms. The second-order valence-corrected chi connectivity index (χ2v) is 5.07. The molecule has 1 fully saturated rings. The Morgan fingerprint density at radius 3 is 2.75 bits per heavy atom. The molecule has 16 heavy (non-hydrogen) atoms. The molecule has 1 aromatic carbocycles. The summed E-state index contributed by atoms with van der Waals surface area (Å²) in [6.45, 7) is 3.28. The molecule has 88 valence electrons. The fourth-order valence-electron chi connectivity index (χ4n) is 1.99. The van der Waals surface area contributed by atoms with Crippen LogP contribution in [0.1, 0.15) is 25.3 Å². The van der Waals surface area contributed by atoms with Crippen LogP contribution in [0, 0.1) is 5.92 Å². The minimum Gasteiger partial charge on any atom is -0.378 e. The van der Waals surface area contributed by atoms with E-state index < -0.39 is 0 Å². The summed E-state index contributed by atoms with van der Waals surface area (Å²) in [6, 6.07) is 9.40. The highest BCUT2D eigenvalue weighted by Gasteiger charge is 2.27. The SMILES string of the molecule is CC(NCc1cccc(N(C)C)c1)C1CC1. The molecule has 1 N–H and O–H groups in total. The summed E-state index contributed by atoms with van der Waals surface area (Å²) < 4.78 is 0. The van der Waals surface area contributed by atoms with Crippen molar-refractivity contribution >= 4 is 5.69 Å². The van der Waals surface area contributed by atoms with Gasteiger partial charge < -0.3 is 10.2 Å². The molecule has 0 saturated heterocycles. The standard InChI is InChI=1S/C14H22N2/c1-11(13-7-8-13)15-10-12-5-4-6-14(9-12)16(2)3/h4-6,9,11,13,15H,7-8,10H2,1-3H3. The lowest BCUT2D eigenvalue weighted by Crippen LogP contribution is -2.27. The number of rotatable bonds is 5. The third-order valence-corrected chi connectivity index (χ3v) is 3.38. The predicted octanol–water partition coefficient (Wildman–Crippen LogP) is 2.64. The number of nitrogens with zero attached hydrogens (tertiary/aromatic N) is 1. The van der Waals surface area contributed by atoms with Crippen LogP contribution < -0.4 is 10.2 Å². The van der Waals surface area contributed by atoms with Crippen LogP contribution in [0.5, 0.6) is 0 Å². The minimum absolute atomic E-state index is 0.669. The molecule has 0 aromatic heterocycles. The first-order valence-corrected chi connectivity index (χ1v) is 6.16. The van der Waals surface area contributed by atoms with Gasteiger partial charge in [0.2, 0.25) is 0 Å². The first-order chi connectivity index (χ1) is 7.66. The average Bonchev–Trinajstić information content (AvgIpc) is 3.10. The molecule has 2 nitrogen and oxygen atoms in total. The second-order valence-electron chi connectivity index (χ2n) is 5.07. The lowest BCUT2D eigenvalue weighted by molar-refractivity contribution is 0.496. The lowest BCUT2D eigenvalue weighted by atomic mass is 10.1. The van der Waals surface area contributed by atoms with Gasteiger partial charge in [-0.2, -0.15) is 0 Å². The van der Waals surface area contributed by atoms with E-state index in [0.717, 1.165) is 12.5 Å². The Balaban J connectivity index is 1.90. The molecule has 0 heterocycles. The van der Waals surface area contributed by atoms with Crippen molar-refractivity contribution in [3.63, 3.8) is 0 Å². The van der Waals surface area contributed by atoms with Crippen molar-refractivity contribution in [3.05, 3.63) is 29.8 Å². The van der Waals surface area contributed by atoms with E-state index >= 15 is 0 Å². The van der Waals surface area contributed by atoms with Gasteiger partial charge in [0.15, 0.2) is 0 Å². The van der Waals surface area contributed by atoms with Gasteiger partial charge in [-0.05, 0) is 43.4 Å². The highest BCUT2D eigenvalue weighted by molar-refractivity contribution is 5.47. The third kappa shape index (κ3) is 2.99. The van der Waals surface area contributed by atoms with Crippen LogP contribution in [-0.2, 0) is 6.54 Å². The first kappa shape index (κ1) is 11.5. The van der Waals surface area contributed by atoms with E-state index in [-0.39, 0.29) is 0 Å². The van der Waals surface area contributed by atoms with Crippen LogP contribution in [0.3, 0.4) is 0 Å². The third-order valence-electron chi connectivity index (χ3n) is 3.38. The normalized spacial score (nSPS) is 17.2. The molecule has 0 amide bonds. The largest absolute Gasteiger partial charge is 0.378 e. The van der Waals surface area contributed by atoms with Crippen molar-refractivity contribution in [1.29, 1.82) is 0 Å². The molecular weight excluding hydrogens is 196 g/mol. The molecule has 0 spiro atoms. The van der Waals surface area contributed by atoms with Crippen molar-refractivity contribution in [2.24, 2.45) is 5.92 Å². The zero-order valence-electron chi connectivity index (χ0n) is 10.5. The van der Waals surface area contributed by atoms with Gasteiger partial charge in [-0.25, -0.2) is 0 Å². The van der Waals surface area contributed by atoms with E-state index in [9.17, 15) is 0 Å². The van der Waals surface area contributed by atoms with Crippen molar-refractivity contribution in [1.82, 2.24) is 5.32 Å². The summed E-state index contributed by atoms with van der Waals surface area (Å²) in [7, 11) is 4.17. The van der Waals surface area contributed by atoms with Gasteiger partial charge in [0.25, 0.3) is 0 Å². The molecule has 2 heteroatoms. The van der Waals surface area contributed by atoms with Crippen LogP contribution >= 0.6 is 0 Å². The maximum Gasteiger partial charge on any atom is 0.0364 e. The zero-order valence-corrected chi connectivity index (χ0v) is 10.5. The molecule has 1 aliphatic carbocycles. The molecular formula is C14H22N2. The van der Waals surface area contributed by atoms with Gasteiger partial charge in [0.05, 0.1) is 0 Å². The topological polar surface area (TPSA) is 15.3 Å². The molecule has 1 aliphatic rings. The van der Waals surface area contributed by atoms with E-state index in [1.54, 1.807) is 0 Å². The fraction of sp³-hybridized carbons (Fsp3) is 0.571. The smallest absolute Gasteiger partial charge is 0.0364 e. The van der Waals surface area contributed by atoms with E-state index in [1.165, 1.54) is 24.1 Å². The summed E-state index contributed by atoms with van der Waals surface area (Å²) in [5, 5.41) is 3.61. The predicted molar refractivity (Wildman–Crippen MR) is 69.8 cm³/mol. The van der Waals surface area contributed by atoms with Gasteiger partial charge >= 0.3 is 0 Å². The second kappa shape index (κ2) is 4.88. The van der Waals surface area contributed by atoms with Crippen LogP contribution in [0.25, 0.3) is 0 Å². The zero-order chi connectivity index (χ0) is 11.5. The number of nitrogens with one attached hydrogen (secondary N) is 1. The summed E-state index contributed by atoms with van der Waals surface area (Å²) in [5.74, 6) is 0.928. The Labute approximate surface area is 98.7 Å². The summed E-state index contributed by atoms with van der Waals surface area (Å²) in [5.41, 5.74) is 2.65. The van der Waals surface area contributed by atoms with Gasteiger partial charge in [-0.3, -0.25) is 0 Å². The average molecular weight is 218 g/mol. The van der Waals surface area contributed by atoms with Crippen molar-refractivity contribution in [3.8, 4) is 0 Å². The highest BCUT2D eigenvalue weighted by Crippen LogP contribution is 2.32. The Kier molecular flexibility index (Phi) is 3.49. The quantitative estimate of drug-likeness (QED) is 0.817. The van der Waals surface area contributed by atoms with Gasteiger partial charge in [0.1, 0.15) is 0 Å². The Morgan fingerprint density at radius 1 is 1.38 bits per heavy atom. The molecule has 0 aliphatic heterocycles. The van der Waals surface area contributed by atoms with Crippen molar-refractivity contribution in [2.75, 3.05) is 19.0 Å². The highest BCUT2D eigenvalue weighted by atomic mass is 15.1. The Morgan fingerprint density at radius 2 is 2.12 bits per heavy atom. The summed E-state index contributed by atoms with van der Waals surface area (Å²) >= 11 is 0. The number of benzene rings is 1. The Hall–Kier alpha value is -1.02. The Bertz CT molecular complexity index is 342. The van der Waals surface area contributed by atoms with E-state index in [2.05, 4.69) is 55.5 Å². The van der Waals surface area contributed by atoms with Gasteiger partial charge in [0, 0.05) is 32.4 Å². The van der Waals surface area contributed by atoms with E-state index in [1.807, 2.05) is 0 Å². The minimum atomic E-state index is 0.669. The summed E-state index contributed by atoms with van der Waals surface area (Å²) in [6.07, 6.45) is 2.82. The van der Waals surface area contributed by atoms with Crippen LogP contribution in [0.15, 0.2) is 24.3 Å². The molecule has 1 saturated carbocycles. The molecule has 1 aromatic rings. The maximum atomic E-state index is 3.61. The van der Waals surface area contributed by atoms with E-state index in [0.29, 0.717) is 6.04 Å². The van der Waals surface area contributed by atoms with Gasteiger partial charge in [-0.1, -0.05) is 12.1 Å². The number of hydrogen-bond acceptors (Lipinski definition) is 2. The molecule has 1 atom stereocenters. The van der Waals surface area contributed by atoms with Gasteiger partial charge in [-0.15, -0.1) is 0 Å². The van der Waals surface area contributed by atoms with Crippen molar-refractivity contribution < 1.29 is 0 Å². The lowest BCUT2D eigenvalue weighted by Gasteiger charge is -2.16. The maximum absolute atomic E-state index is 3.61. The summed E-state index contributed by atoms with van der Waals surface area (Å²) in [4.78, 5) is 2.15. The molecule has 2 rings (SSSR count). The molecule has 0 radical (unpaired) electrons. The fourth-order valence-corrected chi connectivity index (χ4v) is 1.99. The molecule has 1 unspecified atom stereocenters. The van der Waals surface area contributed by atoms with Crippen LogP contribution in [0.2, 0.25) is 0 Å². The monoisotopic (exact) mass is 218 g/mol. The van der Waals surface area contributed by atoms with Crippen LogP contribution in [-0.4, -0.2) is 20.1 Å². The van der Waals surface area contributed by atoms with E-state index in [4.69, 9.17) is 0 Å². The van der Waals surface area contributed by atoms with Crippen molar-refractivity contribution in [2.45, 2.75) is 32.4 Å². The first-order valence-electron chi connectivity index (χ1n) is 6.16. The number of hydrogen-bond donors (Lipinski definition) is 1. The number of anilines is 1.